The lowest BCUT2D eigenvalue weighted by Crippen LogP contribution is -1.89. The summed E-state index contributed by atoms with van der Waals surface area (Å²) in [7, 11) is 0. The minimum absolute atomic E-state index is 0.489. The Hall–Kier alpha value is -1.66. The molecule has 0 aliphatic carbocycles. The summed E-state index contributed by atoms with van der Waals surface area (Å²) in [5.41, 5.74) is 9.65. The maximum Gasteiger partial charge on any atom is 0.153 e. The van der Waals surface area contributed by atoms with E-state index in [1.54, 1.807) is 11.3 Å². The van der Waals surface area contributed by atoms with Gasteiger partial charge in [-0.05, 0) is 24.6 Å². The van der Waals surface area contributed by atoms with Crippen LogP contribution in [0.15, 0.2) is 34.1 Å². The van der Waals surface area contributed by atoms with E-state index in [-0.39, 0.29) is 0 Å². The number of nitrogens with one attached hydrogen (secondary N) is 1. The number of nitrogen functional groups attached to an aromatic ring is 1. The molecule has 0 spiro atoms. The van der Waals surface area contributed by atoms with Crippen LogP contribution in [-0.4, -0.2) is 15.2 Å². The van der Waals surface area contributed by atoms with Gasteiger partial charge in [-0.1, -0.05) is 28.1 Å². The molecule has 2 aromatic heterocycles. The molecule has 0 saturated carbocycles. The van der Waals surface area contributed by atoms with Crippen LogP contribution in [0.2, 0.25) is 0 Å². The molecule has 6 heteroatoms. The number of hydrogen-bond acceptors (Lipinski definition) is 4. The fourth-order valence-corrected chi connectivity index (χ4v) is 2.80. The molecule has 0 atom stereocenters. The average molecular weight is 335 g/mol. The molecule has 96 valence electrons. The quantitative estimate of drug-likeness (QED) is 0.747. The van der Waals surface area contributed by atoms with Crippen molar-refractivity contribution in [1.82, 2.24) is 15.2 Å². The van der Waals surface area contributed by atoms with Gasteiger partial charge < -0.3 is 5.73 Å². The predicted octanol–water partition coefficient (Wildman–Crippen LogP) is 3.85. The Labute approximate surface area is 122 Å². The van der Waals surface area contributed by atoms with Gasteiger partial charge in [-0.3, -0.25) is 5.10 Å². The van der Waals surface area contributed by atoms with Gasteiger partial charge in [0.2, 0.25) is 0 Å². The Balaban J connectivity index is 2.16. The highest BCUT2D eigenvalue weighted by Crippen LogP contribution is 2.35. The van der Waals surface area contributed by atoms with Crippen molar-refractivity contribution < 1.29 is 0 Å². The summed E-state index contributed by atoms with van der Waals surface area (Å²) in [6, 6.07) is 7.98. The number of anilines is 1. The van der Waals surface area contributed by atoms with Crippen LogP contribution in [0.3, 0.4) is 0 Å². The van der Waals surface area contributed by atoms with E-state index >= 15 is 0 Å². The van der Waals surface area contributed by atoms with Gasteiger partial charge in [-0.25, -0.2) is 4.98 Å². The molecule has 1 aromatic carbocycles. The number of nitrogens with two attached hydrogens (primary N) is 1. The summed E-state index contributed by atoms with van der Waals surface area (Å²) in [6.45, 7) is 1.98. The van der Waals surface area contributed by atoms with Gasteiger partial charge in [-0.15, -0.1) is 11.3 Å². The lowest BCUT2D eigenvalue weighted by atomic mass is 10.0. The first-order chi connectivity index (χ1) is 9.15. The SMILES string of the molecule is Cc1nc(-c2[nH]nc(N)c2-c2ccc(Br)cc2)cs1. The molecular weight excluding hydrogens is 324 g/mol. The lowest BCUT2D eigenvalue weighted by molar-refractivity contribution is 1.09. The topological polar surface area (TPSA) is 67.6 Å². The molecule has 3 aromatic rings. The zero-order chi connectivity index (χ0) is 13.4. The molecule has 3 rings (SSSR count). The van der Waals surface area contributed by atoms with E-state index in [2.05, 4.69) is 31.1 Å². The molecular formula is C13H11BrN4S. The number of rotatable bonds is 2. The largest absolute Gasteiger partial charge is 0.382 e. The van der Waals surface area contributed by atoms with Crippen LogP contribution < -0.4 is 5.73 Å². The summed E-state index contributed by atoms with van der Waals surface area (Å²) in [5, 5.41) is 10.1. The second-order valence-electron chi connectivity index (χ2n) is 4.12. The minimum Gasteiger partial charge on any atom is -0.382 e. The van der Waals surface area contributed by atoms with Crippen LogP contribution >= 0.6 is 27.3 Å². The monoisotopic (exact) mass is 334 g/mol. The number of nitrogens with zero attached hydrogens (tertiary/aromatic N) is 2. The van der Waals surface area contributed by atoms with Crippen molar-refractivity contribution in [2.24, 2.45) is 0 Å². The summed E-state index contributed by atoms with van der Waals surface area (Å²) in [4.78, 5) is 4.48. The zero-order valence-electron chi connectivity index (χ0n) is 10.1. The Bertz CT molecular complexity index is 715. The maximum atomic E-state index is 5.98. The van der Waals surface area contributed by atoms with E-state index in [0.717, 1.165) is 32.0 Å². The molecule has 0 amide bonds. The van der Waals surface area contributed by atoms with E-state index in [1.165, 1.54) is 0 Å². The highest BCUT2D eigenvalue weighted by molar-refractivity contribution is 9.10. The third-order valence-corrected chi connectivity index (χ3v) is 4.10. The van der Waals surface area contributed by atoms with Gasteiger partial charge in [0.1, 0.15) is 0 Å². The number of halogens is 1. The molecule has 19 heavy (non-hydrogen) atoms. The zero-order valence-corrected chi connectivity index (χ0v) is 12.5. The molecule has 0 unspecified atom stereocenters. The van der Waals surface area contributed by atoms with Gasteiger partial charge in [0.05, 0.1) is 22.0 Å². The second-order valence-corrected chi connectivity index (χ2v) is 6.10. The Morgan fingerprint density at radius 1 is 1.26 bits per heavy atom. The fourth-order valence-electron chi connectivity index (χ4n) is 1.93. The minimum atomic E-state index is 0.489. The first-order valence-electron chi connectivity index (χ1n) is 5.67. The summed E-state index contributed by atoms with van der Waals surface area (Å²) < 4.78 is 1.03. The van der Waals surface area contributed by atoms with Crippen LogP contribution in [0, 0.1) is 6.92 Å². The van der Waals surface area contributed by atoms with Crippen molar-refractivity contribution in [2.75, 3.05) is 5.73 Å². The number of H-pyrrole nitrogens is 1. The Morgan fingerprint density at radius 2 is 2.00 bits per heavy atom. The van der Waals surface area contributed by atoms with Crippen molar-refractivity contribution in [3.63, 3.8) is 0 Å². The number of aromatic amines is 1. The van der Waals surface area contributed by atoms with E-state index in [9.17, 15) is 0 Å². The van der Waals surface area contributed by atoms with Crippen LogP contribution in [0.25, 0.3) is 22.5 Å². The van der Waals surface area contributed by atoms with Crippen molar-refractivity contribution in [3.05, 3.63) is 39.1 Å². The third-order valence-electron chi connectivity index (χ3n) is 2.80. The van der Waals surface area contributed by atoms with Crippen LogP contribution in [0.5, 0.6) is 0 Å². The highest BCUT2D eigenvalue weighted by atomic mass is 79.9. The van der Waals surface area contributed by atoms with Gasteiger partial charge in [0.25, 0.3) is 0 Å². The van der Waals surface area contributed by atoms with Crippen molar-refractivity contribution in [3.8, 4) is 22.5 Å². The normalized spacial score (nSPS) is 10.8. The van der Waals surface area contributed by atoms with Crippen molar-refractivity contribution in [2.45, 2.75) is 6.92 Å². The van der Waals surface area contributed by atoms with Gasteiger partial charge in [0, 0.05) is 9.85 Å². The average Bonchev–Trinajstić information content (AvgIpc) is 2.97. The Morgan fingerprint density at radius 3 is 2.63 bits per heavy atom. The lowest BCUT2D eigenvalue weighted by Gasteiger charge is -2.02. The third kappa shape index (κ3) is 2.29. The molecule has 0 saturated heterocycles. The van der Waals surface area contributed by atoms with E-state index in [0.29, 0.717) is 5.82 Å². The standard InChI is InChI=1S/C13H11BrN4S/c1-7-16-10(6-19-7)12-11(13(15)18-17-12)8-2-4-9(14)5-3-8/h2-6H,1H3,(H3,15,17,18). The van der Waals surface area contributed by atoms with Crippen molar-refractivity contribution >= 4 is 33.1 Å². The smallest absolute Gasteiger partial charge is 0.153 e. The molecule has 2 heterocycles. The molecule has 0 aliphatic rings. The highest BCUT2D eigenvalue weighted by Gasteiger charge is 2.16. The molecule has 0 radical (unpaired) electrons. The molecule has 0 fully saturated rings. The Kier molecular flexibility index (Phi) is 3.12. The van der Waals surface area contributed by atoms with E-state index in [4.69, 9.17) is 5.73 Å². The fraction of sp³-hybridized carbons (Fsp3) is 0.0769. The summed E-state index contributed by atoms with van der Waals surface area (Å²) in [5.74, 6) is 0.489. The number of benzene rings is 1. The maximum absolute atomic E-state index is 5.98. The summed E-state index contributed by atoms with van der Waals surface area (Å²) >= 11 is 5.04. The number of hydrogen-bond donors (Lipinski definition) is 2. The van der Waals surface area contributed by atoms with Gasteiger partial charge in [-0.2, -0.15) is 5.10 Å². The van der Waals surface area contributed by atoms with E-state index < -0.39 is 0 Å². The van der Waals surface area contributed by atoms with Gasteiger partial charge in [0.15, 0.2) is 5.82 Å². The molecule has 0 aliphatic heterocycles. The van der Waals surface area contributed by atoms with Crippen LogP contribution in [0.4, 0.5) is 5.82 Å². The predicted molar refractivity (Wildman–Crippen MR) is 82.0 cm³/mol. The number of aromatic nitrogens is 3. The number of thiazole rings is 1. The van der Waals surface area contributed by atoms with Gasteiger partial charge >= 0.3 is 0 Å². The second kappa shape index (κ2) is 4.79. The first-order valence-corrected chi connectivity index (χ1v) is 7.34. The number of aryl methyl sites for hydroxylation is 1. The van der Waals surface area contributed by atoms with E-state index in [1.807, 2.05) is 36.6 Å². The van der Waals surface area contributed by atoms with Crippen molar-refractivity contribution in [1.29, 1.82) is 0 Å². The molecule has 4 nitrogen and oxygen atoms in total. The molecule has 0 bridgehead atoms. The summed E-state index contributed by atoms with van der Waals surface area (Å²) in [6.07, 6.45) is 0. The van der Waals surface area contributed by atoms with Crippen LogP contribution in [0.1, 0.15) is 5.01 Å². The molecule has 3 N–H and O–H groups in total. The van der Waals surface area contributed by atoms with Crippen LogP contribution in [-0.2, 0) is 0 Å². The first kappa shape index (κ1) is 12.4.